The average molecular weight is 354 g/mol. The van der Waals surface area contributed by atoms with Crippen molar-refractivity contribution in [2.75, 3.05) is 10.6 Å². The van der Waals surface area contributed by atoms with Crippen molar-refractivity contribution in [2.24, 2.45) is 5.16 Å². The van der Waals surface area contributed by atoms with Crippen LogP contribution in [-0.2, 0) is 14.4 Å². The van der Waals surface area contributed by atoms with E-state index in [9.17, 15) is 9.59 Å². The minimum Gasteiger partial charge on any atom is -0.352 e. The molecule has 0 aromatic heterocycles. The predicted molar refractivity (Wildman–Crippen MR) is 95.4 cm³/mol. The van der Waals surface area contributed by atoms with Crippen molar-refractivity contribution in [3.8, 4) is 0 Å². The minimum absolute atomic E-state index is 0.297. The smallest absolute Gasteiger partial charge is 0.332 e. The predicted octanol–water partition coefficient (Wildman–Crippen LogP) is 3.40. The Hall–Kier alpha value is -3.12. The number of halogens is 1. The highest BCUT2D eigenvalue weighted by Gasteiger charge is 2.35. The maximum Gasteiger partial charge on any atom is 0.332 e. The van der Waals surface area contributed by atoms with Crippen LogP contribution < -0.4 is 10.6 Å². The summed E-state index contributed by atoms with van der Waals surface area (Å²) in [6.07, 6.45) is 0. The number of oxime groups is 1. The second-order valence-corrected chi connectivity index (χ2v) is 5.97. The number of allylic oxidation sites excluding steroid dienone is 1. The molecular weight excluding hydrogens is 342 g/mol. The van der Waals surface area contributed by atoms with Crippen molar-refractivity contribution in [2.45, 2.75) is 6.92 Å². The fourth-order valence-electron chi connectivity index (χ4n) is 2.92. The van der Waals surface area contributed by atoms with Crippen LogP contribution in [0.3, 0.4) is 0 Å². The van der Waals surface area contributed by atoms with E-state index in [1.54, 1.807) is 18.2 Å². The van der Waals surface area contributed by atoms with Crippen molar-refractivity contribution >= 4 is 46.1 Å². The van der Waals surface area contributed by atoms with Gasteiger partial charge in [-0.25, -0.2) is 4.79 Å². The summed E-state index contributed by atoms with van der Waals surface area (Å²) in [7, 11) is 0. The van der Waals surface area contributed by atoms with Gasteiger partial charge in [0.1, 0.15) is 5.71 Å². The number of nitrogens with zero attached hydrogens (tertiary/aromatic N) is 1. The van der Waals surface area contributed by atoms with E-state index in [1.165, 1.54) is 6.92 Å². The van der Waals surface area contributed by atoms with Crippen LogP contribution >= 0.6 is 11.6 Å². The molecule has 2 aromatic rings. The van der Waals surface area contributed by atoms with Crippen LogP contribution in [0.2, 0.25) is 5.02 Å². The molecule has 0 atom stereocenters. The van der Waals surface area contributed by atoms with E-state index in [0.29, 0.717) is 33.3 Å². The Bertz CT molecular complexity index is 995. The normalized spacial score (nSPS) is 19.3. The first-order chi connectivity index (χ1) is 12.1. The van der Waals surface area contributed by atoms with Gasteiger partial charge in [0.05, 0.1) is 22.0 Å². The molecular formula is C18H12ClN3O3. The molecule has 1 amide bonds. The third-order valence-electron chi connectivity index (χ3n) is 3.94. The Morgan fingerprint density at radius 3 is 2.64 bits per heavy atom. The summed E-state index contributed by atoms with van der Waals surface area (Å²) in [6, 6.07) is 12.7. The van der Waals surface area contributed by atoms with Gasteiger partial charge in [-0.15, -0.1) is 0 Å². The number of para-hydroxylation sites is 2. The molecule has 2 aliphatic heterocycles. The van der Waals surface area contributed by atoms with Crippen molar-refractivity contribution < 1.29 is 14.4 Å². The Balaban J connectivity index is 1.94. The van der Waals surface area contributed by atoms with Gasteiger partial charge in [0, 0.05) is 23.7 Å². The van der Waals surface area contributed by atoms with Gasteiger partial charge in [-0.2, -0.15) is 0 Å². The molecule has 0 bridgehead atoms. The fourth-order valence-corrected chi connectivity index (χ4v) is 3.14. The van der Waals surface area contributed by atoms with Gasteiger partial charge in [-0.05, 0) is 12.1 Å². The molecule has 25 heavy (non-hydrogen) atoms. The molecule has 2 aliphatic rings. The molecule has 124 valence electrons. The van der Waals surface area contributed by atoms with Crippen LogP contribution in [-0.4, -0.2) is 17.6 Å². The molecule has 0 fully saturated rings. The standard InChI is InChI=1S/C18H12ClN3O3/c1-9(23)25-22-16-10-5-2-3-8-13(10)20-17(16)14-11-6-4-7-12(19)15(11)21-18(14)24/h2-8,20H,1H3,(H,21,24)/b17-14-,22-16+. The number of hydrogen-bond donors (Lipinski definition) is 2. The molecule has 0 spiro atoms. The van der Waals surface area contributed by atoms with Crippen LogP contribution in [0, 0.1) is 0 Å². The zero-order valence-electron chi connectivity index (χ0n) is 13.1. The lowest BCUT2D eigenvalue weighted by Gasteiger charge is -2.06. The maximum absolute atomic E-state index is 12.6. The Labute approximate surface area is 148 Å². The van der Waals surface area contributed by atoms with Gasteiger partial charge >= 0.3 is 5.97 Å². The number of benzene rings is 2. The van der Waals surface area contributed by atoms with Crippen molar-refractivity contribution in [3.63, 3.8) is 0 Å². The molecule has 2 aromatic carbocycles. The first-order valence-corrected chi connectivity index (χ1v) is 7.91. The van der Waals surface area contributed by atoms with E-state index in [4.69, 9.17) is 16.4 Å². The molecule has 0 saturated heterocycles. The Morgan fingerprint density at radius 1 is 1.08 bits per heavy atom. The number of nitrogens with one attached hydrogen (secondary N) is 2. The zero-order valence-corrected chi connectivity index (χ0v) is 13.8. The number of fused-ring (bicyclic) bond motifs is 2. The molecule has 0 saturated carbocycles. The molecule has 2 heterocycles. The van der Waals surface area contributed by atoms with Gasteiger partial charge in [0.25, 0.3) is 5.91 Å². The topological polar surface area (TPSA) is 79.8 Å². The average Bonchev–Trinajstić information content (AvgIpc) is 3.10. The van der Waals surface area contributed by atoms with Gasteiger partial charge in [-0.1, -0.05) is 47.1 Å². The van der Waals surface area contributed by atoms with E-state index in [0.717, 1.165) is 11.3 Å². The van der Waals surface area contributed by atoms with Gasteiger partial charge in [0.15, 0.2) is 0 Å². The highest BCUT2D eigenvalue weighted by Crippen LogP contribution is 2.41. The molecule has 2 N–H and O–H groups in total. The number of anilines is 2. The summed E-state index contributed by atoms with van der Waals surface area (Å²) in [5.41, 5.74) is 4.02. The molecule has 6 nitrogen and oxygen atoms in total. The van der Waals surface area contributed by atoms with Crippen LogP contribution in [0.4, 0.5) is 11.4 Å². The van der Waals surface area contributed by atoms with E-state index < -0.39 is 5.97 Å². The lowest BCUT2D eigenvalue weighted by atomic mass is 10.0. The second kappa shape index (κ2) is 5.75. The van der Waals surface area contributed by atoms with E-state index in [-0.39, 0.29) is 5.91 Å². The summed E-state index contributed by atoms with van der Waals surface area (Å²) < 4.78 is 0. The van der Waals surface area contributed by atoms with Crippen LogP contribution in [0.1, 0.15) is 18.1 Å². The summed E-state index contributed by atoms with van der Waals surface area (Å²) in [6.45, 7) is 1.27. The summed E-state index contributed by atoms with van der Waals surface area (Å²) in [5, 5.41) is 10.4. The lowest BCUT2D eigenvalue weighted by molar-refractivity contribution is -0.140. The molecule has 7 heteroatoms. The SMILES string of the molecule is CC(=O)O/N=C1/C(=C2/C(=O)Nc3c(Cl)cccc32)Nc2ccccc21. The van der Waals surface area contributed by atoms with Gasteiger partial charge in [0.2, 0.25) is 0 Å². The molecule has 0 aliphatic carbocycles. The lowest BCUT2D eigenvalue weighted by Crippen LogP contribution is -2.13. The fraction of sp³-hybridized carbons (Fsp3) is 0.0556. The highest BCUT2D eigenvalue weighted by molar-refractivity contribution is 6.43. The van der Waals surface area contributed by atoms with E-state index in [2.05, 4.69) is 15.8 Å². The monoisotopic (exact) mass is 353 g/mol. The summed E-state index contributed by atoms with van der Waals surface area (Å²) in [5.74, 6) is -0.838. The van der Waals surface area contributed by atoms with Crippen molar-refractivity contribution in [3.05, 3.63) is 64.3 Å². The largest absolute Gasteiger partial charge is 0.352 e. The second-order valence-electron chi connectivity index (χ2n) is 5.56. The quantitative estimate of drug-likeness (QED) is 0.468. The number of carbonyl (C=O) groups is 2. The van der Waals surface area contributed by atoms with Crippen LogP contribution in [0.25, 0.3) is 5.57 Å². The molecule has 0 unspecified atom stereocenters. The van der Waals surface area contributed by atoms with Gasteiger partial charge in [-0.3, -0.25) is 4.79 Å². The van der Waals surface area contributed by atoms with Gasteiger partial charge < -0.3 is 15.5 Å². The third-order valence-corrected chi connectivity index (χ3v) is 4.26. The van der Waals surface area contributed by atoms with Crippen molar-refractivity contribution in [1.29, 1.82) is 0 Å². The minimum atomic E-state index is -0.541. The number of carbonyl (C=O) groups excluding carboxylic acids is 2. The number of amides is 1. The third kappa shape index (κ3) is 2.47. The Morgan fingerprint density at radius 2 is 1.84 bits per heavy atom. The first-order valence-electron chi connectivity index (χ1n) is 7.53. The van der Waals surface area contributed by atoms with E-state index in [1.807, 2.05) is 24.3 Å². The zero-order chi connectivity index (χ0) is 17.6. The summed E-state index contributed by atoms with van der Waals surface area (Å²) in [4.78, 5) is 28.6. The number of hydrogen-bond acceptors (Lipinski definition) is 5. The van der Waals surface area contributed by atoms with Crippen LogP contribution in [0.5, 0.6) is 0 Å². The van der Waals surface area contributed by atoms with Crippen molar-refractivity contribution in [1.82, 2.24) is 0 Å². The van der Waals surface area contributed by atoms with Crippen LogP contribution in [0.15, 0.2) is 53.3 Å². The molecule has 4 rings (SSSR count). The van der Waals surface area contributed by atoms with E-state index >= 15 is 0 Å². The first kappa shape index (κ1) is 15.4. The summed E-state index contributed by atoms with van der Waals surface area (Å²) >= 11 is 6.18. The maximum atomic E-state index is 12.6. The Kier molecular flexibility index (Phi) is 3.54. The highest BCUT2D eigenvalue weighted by atomic mass is 35.5. The molecule has 0 radical (unpaired) electrons. The number of rotatable bonds is 1.